The van der Waals surface area contributed by atoms with Crippen LogP contribution in [-0.4, -0.2) is 0 Å². The standard InChI is InChI=1S/C14H16/c1-12-7-3-2-4-8-13-9-5-6-10-14(13)11-12/h2-7,9-10,12H,8,11H2,1H3/b4-2-,7-3-. The van der Waals surface area contributed by atoms with Crippen molar-refractivity contribution < 1.29 is 0 Å². The van der Waals surface area contributed by atoms with Crippen LogP contribution in [0.25, 0.3) is 0 Å². The first-order valence-corrected chi connectivity index (χ1v) is 5.26. The maximum atomic E-state index is 2.28. The Bertz CT molecular complexity index is 358. The van der Waals surface area contributed by atoms with Crippen molar-refractivity contribution in [3.8, 4) is 0 Å². The largest absolute Gasteiger partial charge is 0.0814 e. The normalized spacial score (nSPS) is 25.4. The number of benzene rings is 1. The molecule has 0 N–H and O–H groups in total. The topological polar surface area (TPSA) is 0 Å². The van der Waals surface area contributed by atoms with E-state index in [4.69, 9.17) is 0 Å². The highest BCUT2D eigenvalue weighted by Gasteiger charge is 2.04. The number of fused-ring (bicyclic) bond motifs is 1. The lowest BCUT2D eigenvalue weighted by molar-refractivity contribution is 0.720. The highest BCUT2D eigenvalue weighted by Crippen LogP contribution is 2.17. The molecule has 0 fully saturated rings. The van der Waals surface area contributed by atoms with Gasteiger partial charge in [-0.25, -0.2) is 0 Å². The summed E-state index contributed by atoms with van der Waals surface area (Å²) in [5.74, 6) is 0.638. The summed E-state index contributed by atoms with van der Waals surface area (Å²) in [6.45, 7) is 2.27. The Morgan fingerprint density at radius 3 is 2.71 bits per heavy atom. The predicted molar refractivity (Wildman–Crippen MR) is 61.3 cm³/mol. The van der Waals surface area contributed by atoms with Crippen molar-refractivity contribution in [1.29, 1.82) is 0 Å². The molecule has 0 heterocycles. The highest BCUT2D eigenvalue weighted by molar-refractivity contribution is 5.31. The molecule has 2 rings (SSSR count). The van der Waals surface area contributed by atoms with Crippen LogP contribution >= 0.6 is 0 Å². The molecule has 1 unspecified atom stereocenters. The molecular weight excluding hydrogens is 168 g/mol. The summed E-state index contributed by atoms with van der Waals surface area (Å²) in [7, 11) is 0. The third-order valence-electron chi connectivity index (χ3n) is 2.68. The lowest BCUT2D eigenvalue weighted by Gasteiger charge is -2.09. The summed E-state index contributed by atoms with van der Waals surface area (Å²) in [5, 5.41) is 0. The molecular formula is C14H16. The van der Waals surface area contributed by atoms with Crippen LogP contribution in [0.5, 0.6) is 0 Å². The van der Waals surface area contributed by atoms with E-state index in [2.05, 4.69) is 55.5 Å². The second kappa shape index (κ2) is 4.28. The predicted octanol–water partition coefficient (Wildman–Crippen LogP) is 3.53. The quantitative estimate of drug-likeness (QED) is 0.578. The first-order chi connectivity index (χ1) is 6.86. The van der Waals surface area contributed by atoms with Crippen molar-refractivity contribution in [1.82, 2.24) is 0 Å². The Morgan fingerprint density at radius 1 is 1.07 bits per heavy atom. The molecule has 1 aliphatic rings. The Morgan fingerprint density at radius 2 is 1.86 bits per heavy atom. The minimum Gasteiger partial charge on any atom is -0.0814 e. The Labute approximate surface area is 86.0 Å². The summed E-state index contributed by atoms with van der Waals surface area (Å²) in [6.07, 6.45) is 11.0. The van der Waals surface area contributed by atoms with Crippen molar-refractivity contribution in [2.24, 2.45) is 5.92 Å². The zero-order valence-corrected chi connectivity index (χ0v) is 8.61. The number of hydrogen-bond acceptors (Lipinski definition) is 0. The molecule has 0 saturated heterocycles. The van der Waals surface area contributed by atoms with Crippen LogP contribution in [0.4, 0.5) is 0 Å². The first kappa shape index (κ1) is 9.26. The molecule has 1 atom stereocenters. The molecule has 1 aromatic rings. The summed E-state index contributed by atoms with van der Waals surface area (Å²) >= 11 is 0. The average Bonchev–Trinajstić information content (AvgIpc) is 2.27. The van der Waals surface area contributed by atoms with Gasteiger partial charge in [0.15, 0.2) is 0 Å². The summed E-state index contributed by atoms with van der Waals surface area (Å²) < 4.78 is 0. The van der Waals surface area contributed by atoms with E-state index in [9.17, 15) is 0 Å². The van der Waals surface area contributed by atoms with Crippen molar-refractivity contribution >= 4 is 0 Å². The minimum atomic E-state index is 0.638. The Kier molecular flexibility index (Phi) is 2.83. The molecule has 0 spiro atoms. The Balaban J connectivity index is 2.34. The van der Waals surface area contributed by atoms with Crippen LogP contribution in [0, 0.1) is 5.92 Å². The van der Waals surface area contributed by atoms with Crippen molar-refractivity contribution in [3.63, 3.8) is 0 Å². The summed E-state index contributed by atoms with van der Waals surface area (Å²) in [5.41, 5.74) is 2.97. The SMILES string of the molecule is CC1/C=C\C=C/Cc2ccccc2C1. The van der Waals surface area contributed by atoms with Gasteiger partial charge >= 0.3 is 0 Å². The number of allylic oxidation sites excluding steroid dienone is 4. The van der Waals surface area contributed by atoms with Gasteiger partial charge < -0.3 is 0 Å². The van der Waals surface area contributed by atoms with Crippen LogP contribution in [0.3, 0.4) is 0 Å². The summed E-state index contributed by atoms with van der Waals surface area (Å²) in [4.78, 5) is 0. The van der Waals surface area contributed by atoms with Gasteiger partial charge in [0.25, 0.3) is 0 Å². The lowest BCUT2D eigenvalue weighted by Crippen LogP contribution is -1.99. The molecule has 0 nitrogen and oxygen atoms in total. The van der Waals surface area contributed by atoms with Crippen LogP contribution < -0.4 is 0 Å². The lowest BCUT2D eigenvalue weighted by atomic mass is 9.96. The van der Waals surface area contributed by atoms with Gasteiger partial charge in [-0.1, -0.05) is 55.5 Å². The van der Waals surface area contributed by atoms with E-state index in [0.717, 1.165) is 12.8 Å². The zero-order chi connectivity index (χ0) is 9.80. The molecule has 1 aromatic carbocycles. The van der Waals surface area contributed by atoms with Crippen LogP contribution in [0.1, 0.15) is 18.1 Å². The van der Waals surface area contributed by atoms with E-state index in [1.807, 2.05) is 0 Å². The van der Waals surface area contributed by atoms with Crippen LogP contribution in [0.15, 0.2) is 48.6 Å². The van der Waals surface area contributed by atoms with Gasteiger partial charge in [-0.15, -0.1) is 0 Å². The van der Waals surface area contributed by atoms with E-state index in [0.29, 0.717) is 5.92 Å². The number of rotatable bonds is 0. The van der Waals surface area contributed by atoms with Gasteiger partial charge in [-0.05, 0) is 29.9 Å². The maximum absolute atomic E-state index is 2.28. The zero-order valence-electron chi connectivity index (χ0n) is 8.61. The molecule has 0 aromatic heterocycles. The molecule has 14 heavy (non-hydrogen) atoms. The first-order valence-electron chi connectivity index (χ1n) is 5.26. The van der Waals surface area contributed by atoms with Gasteiger partial charge in [0.1, 0.15) is 0 Å². The highest BCUT2D eigenvalue weighted by atomic mass is 14.1. The van der Waals surface area contributed by atoms with Crippen LogP contribution in [0.2, 0.25) is 0 Å². The van der Waals surface area contributed by atoms with E-state index in [1.165, 1.54) is 11.1 Å². The molecule has 72 valence electrons. The molecule has 0 saturated carbocycles. The molecule has 0 bridgehead atoms. The Hall–Kier alpha value is -1.30. The third kappa shape index (κ3) is 2.14. The fourth-order valence-electron chi connectivity index (χ4n) is 1.90. The molecule has 1 aliphatic carbocycles. The van der Waals surface area contributed by atoms with Crippen molar-refractivity contribution in [3.05, 3.63) is 59.7 Å². The van der Waals surface area contributed by atoms with Crippen molar-refractivity contribution in [2.45, 2.75) is 19.8 Å². The summed E-state index contributed by atoms with van der Waals surface area (Å²) in [6, 6.07) is 8.75. The molecule has 0 radical (unpaired) electrons. The fraction of sp³-hybridized carbons (Fsp3) is 0.286. The second-order valence-electron chi connectivity index (χ2n) is 3.97. The second-order valence-corrected chi connectivity index (χ2v) is 3.97. The van der Waals surface area contributed by atoms with E-state index in [-0.39, 0.29) is 0 Å². The average molecular weight is 184 g/mol. The van der Waals surface area contributed by atoms with Gasteiger partial charge in [-0.3, -0.25) is 0 Å². The monoisotopic (exact) mass is 184 g/mol. The van der Waals surface area contributed by atoms with Gasteiger partial charge in [-0.2, -0.15) is 0 Å². The third-order valence-corrected chi connectivity index (χ3v) is 2.68. The van der Waals surface area contributed by atoms with Crippen LogP contribution in [-0.2, 0) is 12.8 Å². The van der Waals surface area contributed by atoms with Gasteiger partial charge in [0.2, 0.25) is 0 Å². The van der Waals surface area contributed by atoms with Crippen molar-refractivity contribution in [2.75, 3.05) is 0 Å². The number of hydrogen-bond donors (Lipinski definition) is 0. The molecule has 0 amide bonds. The van der Waals surface area contributed by atoms with E-state index >= 15 is 0 Å². The van der Waals surface area contributed by atoms with Gasteiger partial charge in [0, 0.05) is 0 Å². The van der Waals surface area contributed by atoms with E-state index < -0.39 is 0 Å². The maximum Gasteiger partial charge on any atom is -0.00916 e. The molecule has 0 aliphatic heterocycles. The smallest absolute Gasteiger partial charge is 0.00916 e. The van der Waals surface area contributed by atoms with E-state index in [1.54, 1.807) is 0 Å². The van der Waals surface area contributed by atoms with Gasteiger partial charge in [0.05, 0.1) is 0 Å². The fourth-order valence-corrected chi connectivity index (χ4v) is 1.90. The molecule has 0 heteroatoms. The minimum absolute atomic E-state index is 0.638.